The second-order valence-electron chi connectivity index (χ2n) is 3.36. The number of ether oxygens (including phenoxy) is 1. The number of rotatable bonds is 2. The Bertz CT molecular complexity index is 335. The van der Waals surface area contributed by atoms with Gasteiger partial charge in [0, 0.05) is 12.4 Å². The summed E-state index contributed by atoms with van der Waals surface area (Å²) >= 11 is 0. The van der Waals surface area contributed by atoms with Crippen LogP contribution in [0.1, 0.15) is 25.0 Å². The van der Waals surface area contributed by atoms with Crippen molar-refractivity contribution in [2.75, 3.05) is 0 Å². The molecule has 5 heteroatoms. The molecule has 1 aromatic heterocycles. The Hall–Kier alpha value is -1.65. The van der Waals surface area contributed by atoms with Crippen LogP contribution in [0.5, 0.6) is 0 Å². The summed E-state index contributed by atoms with van der Waals surface area (Å²) in [4.78, 5) is 18.8. The van der Waals surface area contributed by atoms with Crippen LogP contribution in [0.3, 0.4) is 0 Å². The molecule has 1 aromatic rings. The molecular weight excluding hydrogens is 182 g/mol. The highest BCUT2D eigenvalue weighted by molar-refractivity contribution is 5.65. The first-order valence-electron chi connectivity index (χ1n) is 4.48. The van der Waals surface area contributed by atoms with Gasteiger partial charge in [0.1, 0.15) is 5.69 Å². The van der Waals surface area contributed by atoms with Crippen LogP contribution in [0.2, 0.25) is 0 Å². The van der Waals surface area contributed by atoms with Crippen LogP contribution in [-0.4, -0.2) is 16.1 Å². The van der Waals surface area contributed by atoms with E-state index in [1.807, 2.05) is 0 Å². The first-order chi connectivity index (χ1) is 6.73. The van der Waals surface area contributed by atoms with Crippen molar-refractivity contribution in [3.05, 3.63) is 24.3 Å². The molecule has 2 rings (SSSR count). The Morgan fingerprint density at radius 1 is 1.50 bits per heavy atom. The Balaban J connectivity index is 2.25. The van der Waals surface area contributed by atoms with E-state index in [0.29, 0.717) is 5.69 Å². The predicted octanol–water partition coefficient (Wildman–Crippen LogP) is 0.951. The van der Waals surface area contributed by atoms with E-state index in [1.54, 1.807) is 18.6 Å². The number of aromatic nitrogens is 2. The molecule has 0 radical (unpaired) electrons. The van der Waals surface area contributed by atoms with Crippen LogP contribution in [0.25, 0.3) is 0 Å². The van der Waals surface area contributed by atoms with Crippen LogP contribution in [0, 0.1) is 0 Å². The maximum Gasteiger partial charge on any atom is 0.405 e. The fourth-order valence-corrected chi connectivity index (χ4v) is 1.64. The van der Waals surface area contributed by atoms with Crippen molar-refractivity contribution in [2.45, 2.75) is 24.9 Å². The quantitative estimate of drug-likeness (QED) is 0.758. The number of nitrogens with two attached hydrogens (primary N) is 1. The minimum atomic E-state index is -0.754. The maximum absolute atomic E-state index is 10.7. The van der Waals surface area contributed by atoms with E-state index in [2.05, 4.69) is 9.97 Å². The zero-order valence-corrected chi connectivity index (χ0v) is 7.64. The average Bonchev–Trinajstić information content (AvgIpc) is 2.12. The Kier molecular flexibility index (Phi) is 2.07. The molecule has 1 heterocycles. The van der Waals surface area contributed by atoms with Crippen LogP contribution in [0.4, 0.5) is 4.79 Å². The molecule has 74 valence electrons. The molecular formula is C9H11N3O2. The summed E-state index contributed by atoms with van der Waals surface area (Å²) in [5, 5.41) is 0. The van der Waals surface area contributed by atoms with E-state index in [4.69, 9.17) is 10.5 Å². The summed E-state index contributed by atoms with van der Waals surface area (Å²) in [5.41, 5.74) is 5.09. The lowest BCUT2D eigenvalue weighted by molar-refractivity contribution is -0.0525. The molecule has 1 saturated carbocycles. The van der Waals surface area contributed by atoms with Crippen LogP contribution >= 0.6 is 0 Å². The van der Waals surface area contributed by atoms with Gasteiger partial charge in [0.2, 0.25) is 0 Å². The third-order valence-electron chi connectivity index (χ3n) is 2.49. The highest BCUT2D eigenvalue weighted by atomic mass is 16.6. The Morgan fingerprint density at radius 2 is 2.29 bits per heavy atom. The van der Waals surface area contributed by atoms with Crippen molar-refractivity contribution in [3.63, 3.8) is 0 Å². The first-order valence-corrected chi connectivity index (χ1v) is 4.48. The number of nitrogens with zero attached hydrogens (tertiary/aromatic N) is 2. The number of amides is 1. The van der Waals surface area contributed by atoms with Gasteiger partial charge >= 0.3 is 6.09 Å². The summed E-state index contributed by atoms with van der Waals surface area (Å²) in [6.07, 6.45) is 6.59. The molecule has 0 spiro atoms. The first kappa shape index (κ1) is 8.93. The van der Waals surface area contributed by atoms with Gasteiger partial charge in [-0.25, -0.2) is 4.79 Å². The molecule has 1 fully saturated rings. The van der Waals surface area contributed by atoms with Gasteiger partial charge in [0.05, 0.1) is 6.20 Å². The topological polar surface area (TPSA) is 78.1 Å². The standard InChI is InChI=1S/C9H11N3O2/c10-8(13)14-9(2-1-3-9)7-6-11-4-5-12-7/h4-6H,1-3H2,(H2,10,13). The van der Waals surface area contributed by atoms with Crippen LogP contribution < -0.4 is 5.73 Å². The van der Waals surface area contributed by atoms with Gasteiger partial charge < -0.3 is 10.5 Å². The SMILES string of the molecule is NC(=O)OC1(c2cnccn2)CCC1. The molecule has 14 heavy (non-hydrogen) atoms. The molecule has 0 aliphatic heterocycles. The minimum Gasteiger partial charge on any atom is -0.436 e. The van der Waals surface area contributed by atoms with Crippen molar-refractivity contribution in [1.29, 1.82) is 0 Å². The lowest BCUT2D eigenvalue weighted by Crippen LogP contribution is -2.41. The van der Waals surface area contributed by atoms with E-state index in [-0.39, 0.29) is 0 Å². The fraction of sp³-hybridized carbons (Fsp3) is 0.444. The summed E-state index contributed by atoms with van der Waals surface area (Å²) in [6.45, 7) is 0. The summed E-state index contributed by atoms with van der Waals surface area (Å²) < 4.78 is 5.10. The molecule has 0 aromatic carbocycles. The Morgan fingerprint density at radius 3 is 2.71 bits per heavy atom. The largest absolute Gasteiger partial charge is 0.436 e. The second kappa shape index (κ2) is 3.25. The van der Waals surface area contributed by atoms with Crippen molar-refractivity contribution < 1.29 is 9.53 Å². The highest BCUT2D eigenvalue weighted by Gasteiger charge is 2.43. The highest BCUT2D eigenvalue weighted by Crippen LogP contribution is 2.43. The number of hydrogen-bond donors (Lipinski definition) is 1. The molecule has 5 nitrogen and oxygen atoms in total. The third-order valence-corrected chi connectivity index (χ3v) is 2.49. The number of primary amides is 1. The van der Waals surface area contributed by atoms with E-state index in [9.17, 15) is 4.79 Å². The van der Waals surface area contributed by atoms with Gasteiger partial charge in [-0.15, -0.1) is 0 Å². The zero-order chi connectivity index (χ0) is 10.0. The summed E-state index contributed by atoms with van der Waals surface area (Å²) in [6, 6.07) is 0. The lowest BCUT2D eigenvalue weighted by atomic mass is 9.77. The normalized spacial score (nSPS) is 18.3. The van der Waals surface area contributed by atoms with E-state index < -0.39 is 11.7 Å². The molecule has 0 atom stereocenters. The number of carbonyl (C=O) groups is 1. The van der Waals surface area contributed by atoms with Crippen molar-refractivity contribution in [1.82, 2.24) is 9.97 Å². The fourth-order valence-electron chi connectivity index (χ4n) is 1.64. The third kappa shape index (κ3) is 1.41. The van der Waals surface area contributed by atoms with Crippen molar-refractivity contribution >= 4 is 6.09 Å². The molecule has 2 N–H and O–H groups in total. The monoisotopic (exact) mass is 193 g/mol. The summed E-state index contributed by atoms with van der Waals surface area (Å²) in [5.74, 6) is 0. The van der Waals surface area contributed by atoms with Crippen molar-refractivity contribution in [2.24, 2.45) is 5.73 Å². The maximum atomic E-state index is 10.7. The number of hydrogen-bond acceptors (Lipinski definition) is 4. The van der Waals surface area contributed by atoms with Gasteiger partial charge in [-0.1, -0.05) is 0 Å². The Labute approximate surface area is 81.3 Å². The zero-order valence-electron chi connectivity index (χ0n) is 7.64. The summed E-state index contributed by atoms with van der Waals surface area (Å²) in [7, 11) is 0. The van der Waals surface area contributed by atoms with Gasteiger partial charge in [-0.05, 0) is 19.3 Å². The van der Waals surface area contributed by atoms with Gasteiger partial charge in [-0.2, -0.15) is 0 Å². The smallest absolute Gasteiger partial charge is 0.405 e. The van der Waals surface area contributed by atoms with Gasteiger partial charge in [0.15, 0.2) is 5.60 Å². The lowest BCUT2D eigenvalue weighted by Gasteiger charge is -2.39. The predicted molar refractivity (Wildman–Crippen MR) is 48.2 cm³/mol. The second-order valence-corrected chi connectivity index (χ2v) is 3.36. The molecule has 0 unspecified atom stereocenters. The molecule has 0 saturated heterocycles. The molecule has 1 amide bonds. The van der Waals surface area contributed by atoms with E-state index in [0.717, 1.165) is 19.3 Å². The van der Waals surface area contributed by atoms with Crippen LogP contribution in [-0.2, 0) is 10.3 Å². The minimum absolute atomic E-state index is 0.611. The van der Waals surface area contributed by atoms with Crippen molar-refractivity contribution in [3.8, 4) is 0 Å². The van der Waals surface area contributed by atoms with E-state index in [1.165, 1.54) is 0 Å². The van der Waals surface area contributed by atoms with Crippen LogP contribution in [0.15, 0.2) is 18.6 Å². The van der Waals surface area contributed by atoms with Gasteiger partial charge in [0.25, 0.3) is 0 Å². The molecule has 1 aliphatic rings. The van der Waals surface area contributed by atoms with E-state index >= 15 is 0 Å². The van der Waals surface area contributed by atoms with Gasteiger partial charge in [-0.3, -0.25) is 9.97 Å². The molecule has 1 aliphatic carbocycles. The molecule has 0 bridgehead atoms. The number of carbonyl (C=O) groups excluding carboxylic acids is 1. The average molecular weight is 193 g/mol.